The maximum Gasteiger partial charge on any atom is 0.136 e. The van der Waals surface area contributed by atoms with Gasteiger partial charge in [0, 0.05) is 12.8 Å². The van der Waals surface area contributed by atoms with Gasteiger partial charge in [0.2, 0.25) is 0 Å². The predicted octanol–water partition coefficient (Wildman–Crippen LogP) is 2.02. The minimum absolute atomic E-state index is 0.169. The summed E-state index contributed by atoms with van der Waals surface area (Å²) < 4.78 is 0. The van der Waals surface area contributed by atoms with Crippen molar-refractivity contribution in [3.8, 4) is 0 Å². The number of hydrogen-bond donors (Lipinski definition) is 1. The van der Waals surface area contributed by atoms with Crippen molar-refractivity contribution in [2.24, 2.45) is 0 Å². The maximum absolute atomic E-state index is 11.3. The van der Waals surface area contributed by atoms with E-state index in [1.165, 1.54) is 0 Å². The van der Waals surface area contributed by atoms with E-state index in [0.29, 0.717) is 12.8 Å². The number of carbonyl (C=O) groups excluding carboxylic acids is 1. The van der Waals surface area contributed by atoms with Crippen LogP contribution in [-0.2, 0) is 10.4 Å². The summed E-state index contributed by atoms with van der Waals surface area (Å²) in [4.78, 5) is 11.3. The lowest BCUT2D eigenvalue weighted by Gasteiger charge is -2.31. The second-order valence-electron chi connectivity index (χ2n) is 3.97. The number of ketones is 1. The van der Waals surface area contributed by atoms with E-state index >= 15 is 0 Å². The van der Waals surface area contributed by atoms with Crippen LogP contribution in [-0.4, -0.2) is 10.9 Å². The molecule has 0 aromatic heterocycles. The first-order valence-corrected chi connectivity index (χ1v) is 5.00. The first kappa shape index (κ1) is 9.41. The Morgan fingerprint density at radius 2 is 1.93 bits per heavy atom. The normalized spacial score (nSPS) is 27.6. The summed E-state index contributed by atoms with van der Waals surface area (Å²) in [7, 11) is 0. The Kier molecular flexibility index (Phi) is 2.38. The van der Waals surface area contributed by atoms with Crippen molar-refractivity contribution in [1.82, 2.24) is 0 Å². The van der Waals surface area contributed by atoms with Gasteiger partial charge in [0.15, 0.2) is 0 Å². The molecule has 1 aromatic rings. The van der Waals surface area contributed by atoms with Crippen molar-refractivity contribution in [2.75, 3.05) is 0 Å². The molecule has 0 unspecified atom stereocenters. The average molecular weight is 190 g/mol. The maximum atomic E-state index is 11.3. The summed E-state index contributed by atoms with van der Waals surface area (Å²) in [5, 5.41) is 10.3. The fourth-order valence-electron chi connectivity index (χ4n) is 2.08. The van der Waals surface area contributed by atoms with Crippen LogP contribution in [0.4, 0.5) is 0 Å². The smallest absolute Gasteiger partial charge is 0.136 e. The van der Waals surface area contributed by atoms with E-state index in [4.69, 9.17) is 0 Å². The van der Waals surface area contributed by atoms with E-state index < -0.39 is 5.60 Å². The van der Waals surface area contributed by atoms with Gasteiger partial charge in [-0.25, -0.2) is 0 Å². The van der Waals surface area contributed by atoms with Crippen molar-refractivity contribution >= 4 is 5.78 Å². The third-order valence-corrected chi connectivity index (χ3v) is 2.85. The van der Waals surface area contributed by atoms with Crippen LogP contribution in [0.2, 0.25) is 0 Å². The molecule has 0 radical (unpaired) electrons. The fourth-order valence-corrected chi connectivity index (χ4v) is 2.08. The van der Waals surface area contributed by atoms with Crippen LogP contribution in [0.3, 0.4) is 0 Å². The van der Waals surface area contributed by atoms with Crippen LogP contribution in [0.15, 0.2) is 30.3 Å². The summed E-state index contributed by atoms with van der Waals surface area (Å²) in [6.45, 7) is 0. The zero-order chi connectivity index (χ0) is 10.0. The first-order chi connectivity index (χ1) is 6.71. The lowest BCUT2D eigenvalue weighted by atomic mass is 9.79. The van der Waals surface area contributed by atoms with Gasteiger partial charge in [-0.2, -0.15) is 0 Å². The highest BCUT2D eigenvalue weighted by Crippen LogP contribution is 2.34. The van der Waals surface area contributed by atoms with Gasteiger partial charge in [-0.3, -0.25) is 4.79 Å². The quantitative estimate of drug-likeness (QED) is 0.735. The van der Waals surface area contributed by atoms with E-state index in [1.807, 2.05) is 30.3 Å². The number of aliphatic hydroxyl groups is 1. The SMILES string of the molecule is O=C1CCC[C@@](O)(c2ccccc2)C1. The summed E-state index contributed by atoms with van der Waals surface area (Å²) in [6.07, 6.45) is 2.39. The molecular weight excluding hydrogens is 176 g/mol. The molecule has 0 spiro atoms. The lowest BCUT2D eigenvalue weighted by molar-refractivity contribution is -0.128. The van der Waals surface area contributed by atoms with Gasteiger partial charge < -0.3 is 5.11 Å². The number of hydrogen-bond acceptors (Lipinski definition) is 2. The van der Waals surface area contributed by atoms with E-state index in [0.717, 1.165) is 12.0 Å². The van der Waals surface area contributed by atoms with Crippen LogP contribution >= 0.6 is 0 Å². The molecule has 74 valence electrons. The van der Waals surface area contributed by atoms with Crippen molar-refractivity contribution in [2.45, 2.75) is 31.3 Å². The fraction of sp³-hybridized carbons (Fsp3) is 0.417. The molecule has 2 nitrogen and oxygen atoms in total. The third kappa shape index (κ3) is 1.70. The zero-order valence-electron chi connectivity index (χ0n) is 8.07. The molecule has 2 heteroatoms. The van der Waals surface area contributed by atoms with E-state index in [-0.39, 0.29) is 12.2 Å². The molecule has 0 amide bonds. The summed E-state index contributed by atoms with van der Waals surface area (Å²) in [5.41, 5.74) is -0.0376. The number of Topliss-reactive ketones (excluding diaryl/α,β-unsaturated/α-hetero) is 1. The standard InChI is InChI=1S/C12H14O2/c13-11-7-4-8-12(14,9-11)10-5-2-1-3-6-10/h1-3,5-6,14H,4,7-9H2/t12-/m0/s1. The van der Waals surface area contributed by atoms with Gasteiger partial charge in [0.25, 0.3) is 0 Å². The predicted molar refractivity (Wildman–Crippen MR) is 53.8 cm³/mol. The van der Waals surface area contributed by atoms with E-state index in [1.54, 1.807) is 0 Å². The van der Waals surface area contributed by atoms with Gasteiger partial charge in [-0.15, -0.1) is 0 Å². The molecular formula is C12H14O2. The van der Waals surface area contributed by atoms with Crippen LogP contribution < -0.4 is 0 Å². The molecule has 1 atom stereocenters. The molecule has 1 aliphatic rings. The van der Waals surface area contributed by atoms with Crippen molar-refractivity contribution in [3.63, 3.8) is 0 Å². The topological polar surface area (TPSA) is 37.3 Å². The summed E-state index contributed by atoms with van der Waals surface area (Å²) in [5.74, 6) is 0.169. The minimum atomic E-state index is -0.906. The Hall–Kier alpha value is -1.15. The van der Waals surface area contributed by atoms with E-state index in [2.05, 4.69) is 0 Å². The Morgan fingerprint density at radius 1 is 1.21 bits per heavy atom. The minimum Gasteiger partial charge on any atom is -0.385 e. The van der Waals surface area contributed by atoms with E-state index in [9.17, 15) is 9.90 Å². The monoisotopic (exact) mass is 190 g/mol. The lowest BCUT2D eigenvalue weighted by Crippen LogP contribution is -2.32. The Bertz CT molecular complexity index is 331. The Labute approximate surface area is 83.6 Å². The first-order valence-electron chi connectivity index (χ1n) is 5.00. The molecule has 1 aliphatic carbocycles. The Morgan fingerprint density at radius 3 is 2.57 bits per heavy atom. The highest BCUT2D eigenvalue weighted by atomic mass is 16.3. The zero-order valence-corrected chi connectivity index (χ0v) is 8.07. The molecule has 14 heavy (non-hydrogen) atoms. The molecule has 0 heterocycles. The van der Waals surface area contributed by atoms with Crippen LogP contribution in [0.1, 0.15) is 31.2 Å². The molecule has 1 saturated carbocycles. The number of carbonyl (C=O) groups is 1. The number of benzene rings is 1. The second-order valence-corrected chi connectivity index (χ2v) is 3.97. The molecule has 2 rings (SSSR count). The third-order valence-electron chi connectivity index (χ3n) is 2.85. The van der Waals surface area contributed by atoms with Crippen molar-refractivity contribution < 1.29 is 9.90 Å². The van der Waals surface area contributed by atoms with Gasteiger partial charge in [-0.05, 0) is 18.4 Å². The molecule has 0 saturated heterocycles. The van der Waals surface area contributed by atoms with Crippen LogP contribution in [0, 0.1) is 0 Å². The molecule has 1 fully saturated rings. The van der Waals surface area contributed by atoms with Crippen molar-refractivity contribution in [1.29, 1.82) is 0 Å². The molecule has 1 N–H and O–H groups in total. The number of rotatable bonds is 1. The Balaban J connectivity index is 2.27. The molecule has 0 aliphatic heterocycles. The van der Waals surface area contributed by atoms with Crippen LogP contribution in [0.5, 0.6) is 0 Å². The van der Waals surface area contributed by atoms with Gasteiger partial charge in [0.1, 0.15) is 5.78 Å². The highest BCUT2D eigenvalue weighted by molar-refractivity contribution is 5.80. The van der Waals surface area contributed by atoms with Crippen molar-refractivity contribution in [3.05, 3.63) is 35.9 Å². The van der Waals surface area contributed by atoms with Gasteiger partial charge >= 0.3 is 0 Å². The average Bonchev–Trinajstić information content (AvgIpc) is 2.19. The second kappa shape index (κ2) is 3.54. The highest BCUT2D eigenvalue weighted by Gasteiger charge is 2.34. The van der Waals surface area contributed by atoms with Gasteiger partial charge in [-0.1, -0.05) is 30.3 Å². The molecule has 1 aromatic carbocycles. The summed E-state index contributed by atoms with van der Waals surface area (Å²) in [6, 6.07) is 9.48. The van der Waals surface area contributed by atoms with Gasteiger partial charge in [0.05, 0.1) is 5.60 Å². The van der Waals surface area contributed by atoms with Crippen LogP contribution in [0.25, 0.3) is 0 Å². The summed E-state index contributed by atoms with van der Waals surface area (Å²) >= 11 is 0. The molecule has 0 bridgehead atoms. The largest absolute Gasteiger partial charge is 0.385 e.